The number of carbonyl (C=O) groups is 1. The van der Waals surface area contributed by atoms with Gasteiger partial charge in [-0.1, -0.05) is 107 Å². The maximum absolute atomic E-state index is 13.1. The minimum absolute atomic E-state index is 0.0569. The van der Waals surface area contributed by atoms with Crippen molar-refractivity contribution in [1.29, 1.82) is 0 Å². The Labute approximate surface area is 220 Å². The van der Waals surface area contributed by atoms with Crippen molar-refractivity contribution in [2.75, 3.05) is 19.8 Å². The maximum Gasteiger partial charge on any atom is 0.409 e. The van der Waals surface area contributed by atoms with Gasteiger partial charge in [-0.25, -0.2) is 4.79 Å². The van der Waals surface area contributed by atoms with Crippen LogP contribution in [0.3, 0.4) is 0 Å². The summed E-state index contributed by atoms with van der Waals surface area (Å²) >= 11 is 0. The first-order valence-corrected chi connectivity index (χ1v) is 17.3. The van der Waals surface area contributed by atoms with Gasteiger partial charge < -0.3 is 9.64 Å². The summed E-state index contributed by atoms with van der Waals surface area (Å²) in [7, 11) is 0.980. The van der Waals surface area contributed by atoms with E-state index in [4.69, 9.17) is 4.74 Å². The van der Waals surface area contributed by atoms with E-state index in [1.807, 2.05) is 0 Å². The molecule has 5 heteroatoms. The number of rotatable bonds is 7. The second kappa shape index (κ2) is 12.9. The second-order valence-corrected chi connectivity index (χ2v) is 16.3. The molecule has 1 heterocycles. The van der Waals surface area contributed by atoms with Gasteiger partial charge in [-0.05, 0) is 73.8 Å². The Bertz CT molecular complexity index is 886. The van der Waals surface area contributed by atoms with Crippen LogP contribution in [0.1, 0.15) is 70.6 Å². The highest BCUT2D eigenvalue weighted by molar-refractivity contribution is 7.73. The van der Waals surface area contributed by atoms with Crippen molar-refractivity contribution in [2.45, 2.75) is 93.6 Å². The van der Waals surface area contributed by atoms with E-state index in [0.717, 1.165) is 24.0 Å². The molecule has 1 amide bonds. The molecular weight excluding hydrogens is 480 g/mol. The summed E-state index contributed by atoms with van der Waals surface area (Å²) in [6.07, 6.45) is 16.3. The molecule has 0 spiro atoms. The quantitative estimate of drug-likeness (QED) is 0.352. The van der Waals surface area contributed by atoms with E-state index in [0.29, 0.717) is 5.66 Å². The standard InChI is InChI=1S/C31H43NO2P2/c1-34-31(33)32-23-30(36(28-18-10-4-11-19-28)29-20-12-5-13-21-29)22-25(32)24-35(26-14-6-2-7-15-26)27-16-8-3-9-17-27/h2-3,6-9,14-17,25,28-30H,4-5,10-13,18-24H2,1H3/t25-,30-/m1/s1. The third kappa shape index (κ3) is 6.16. The number of methoxy groups -OCH3 is 1. The van der Waals surface area contributed by atoms with Crippen molar-refractivity contribution >= 4 is 32.5 Å². The molecule has 194 valence electrons. The minimum Gasteiger partial charge on any atom is -0.453 e. The van der Waals surface area contributed by atoms with Crippen molar-refractivity contribution in [1.82, 2.24) is 4.90 Å². The maximum atomic E-state index is 13.1. The lowest BCUT2D eigenvalue weighted by molar-refractivity contribution is 0.122. The molecule has 2 aromatic carbocycles. The zero-order valence-corrected chi connectivity index (χ0v) is 23.7. The third-order valence-corrected chi connectivity index (χ3v) is 15.3. The van der Waals surface area contributed by atoms with Crippen LogP contribution >= 0.6 is 15.8 Å². The van der Waals surface area contributed by atoms with Crippen molar-refractivity contribution in [3.8, 4) is 0 Å². The number of hydrogen-bond acceptors (Lipinski definition) is 2. The van der Waals surface area contributed by atoms with Gasteiger partial charge in [-0.2, -0.15) is 0 Å². The summed E-state index contributed by atoms with van der Waals surface area (Å²) in [4.78, 5) is 15.3. The van der Waals surface area contributed by atoms with Crippen molar-refractivity contribution in [2.24, 2.45) is 0 Å². The first-order chi connectivity index (χ1) is 17.7. The largest absolute Gasteiger partial charge is 0.453 e. The lowest BCUT2D eigenvalue weighted by atomic mass is 9.99. The molecule has 3 nitrogen and oxygen atoms in total. The summed E-state index contributed by atoms with van der Waals surface area (Å²) in [6.45, 7) is 0.919. The summed E-state index contributed by atoms with van der Waals surface area (Å²) in [6, 6.07) is 22.3. The Hall–Kier alpha value is -1.43. The highest BCUT2D eigenvalue weighted by atomic mass is 31.1. The van der Waals surface area contributed by atoms with Gasteiger partial charge in [0.1, 0.15) is 0 Å². The van der Waals surface area contributed by atoms with Gasteiger partial charge in [0.2, 0.25) is 0 Å². The van der Waals surface area contributed by atoms with E-state index >= 15 is 0 Å². The lowest BCUT2D eigenvalue weighted by Crippen LogP contribution is -2.39. The van der Waals surface area contributed by atoms with Crippen LogP contribution in [-0.2, 0) is 4.74 Å². The molecular formula is C31H43NO2P2. The fraction of sp³-hybridized carbons (Fsp3) is 0.581. The molecule has 5 rings (SSSR count). The van der Waals surface area contributed by atoms with Crippen LogP contribution in [0, 0.1) is 0 Å². The Morgan fingerprint density at radius 2 is 1.28 bits per heavy atom. The molecule has 0 unspecified atom stereocenters. The normalized spacial score (nSPS) is 23.9. The van der Waals surface area contributed by atoms with E-state index in [9.17, 15) is 4.79 Å². The molecule has 0 bridgehead atoms. The smallest absolute Gasteiger partial charge is 0.409 e. The number of amides is 1. The molecule has 1 aliphatic heterocycles. The first-order valence-electron chi connectivity index (χ1n) is 14.2. The molecule has 2 atom stereocenters. The summed E-state index contributed by atoms with van der Waals surface area (Å²) < 4.78 is 5.38. The van der Waals surface area contributed by atoms with Gasteiger partial charge in [0, 0.05) is 12.6 Å². The highest BCUT2D eigenvalue weighted by Gasteiger charge is 2.45. The minimum atomic E-state index is -0.528. The average molecular weight is 524 g/mol. The third-order valence-electron chi connectivity index (χ3n) is 8.74. The molecule has 0 aromatic heterocycles. The van der Waals surface area contributed by atoms with Crippen LogP contribution in [0.15, 0.2) is 60.7 Å². The average Bonchev–Trinajstić information content (AvgIpc) is 3.37. The van der Waals surface area contributed by atoms with Crippen LogP contribution in [0.2, 0.25) is 0 Å². The number of nitrogens with zero attached hydrogens (tertiary/aromatic N) is 1. The van der Waals surface area contributed by atoms with E-state index < -0.39 is 7.92 Å². The molecule has 3 fully saturated rings. The monoisotopic (exact) mass is 523 g/mol. The van der Waals surface area contributed by atoms with E-state index in [1.165, 1.54) is 81.2 Å². The van der Waals surface area contributed by atoms with E-state index in [1.54, 1.807) is 7.11 Å². The van der Waals surface area contributed by atoms with Crippen molar-refractivity contribution < 1.29 is 9.53 Å². The van der Waals surface area contributed by atoms with Crippen LogP contribution in [0.5, 0.6) is 0 Å². The molecule has 36 heavy (non-hydrogen) atoms. The molecule has 3 aliphatic rings. The molecule has 2 aromatic rings. The predicted octanol–water partition coefficient (Wildman–Crippen LogP) is 7.48. The zero-order chi connectivity index (χ0) is 24.7. The highest BCUT2D eigenvalue weighted by Crippen LogP contribution is 2.61. The summed E-state index contributed by atoms with van der Waals surface area (Å²) in [5.74, 6) is 0. The zero-order valence-electron chi connectivity index (χ0n) is 21.9. The van der Waals surface area contributed by atoms with Crippen LogP contribution < -0.4 is 10.6 Å². The molecule has 1 saturated heterocycles. The number of hydrogen-bond donors (Lipinski definition) is 0. The van der Waals surface area contributed by atoms with Crippen LogP contribution in [-0.4, -0.2) is 53.8 Å². The number of benzene rings is 2. The van der Waals surface area contributed by atoms with Crippen LogP contribution in [0.4, 0.5) is 4.79 Å². The lowest BCUT2D eigenvalue weighted by Gasteiger charge is -2.42. The Kier molecular flexibility index (Phi) is 9.37. The van der Waals surface area contributed by atoms with E-state index in [-0.39, 0.29) is 20.1 Å². The van der Waals surface area contributed by atoms with Gasteiger partial charge in [0.05, 0.1) is 7.11 Å². The SMILES string of the molecule is COC(=O)N1C[C@H](P(C2CCCCC2)C2CCCCC2)C[C@@H]1CP(c1ccccc1)c1ccccc1. The number of carbonyl (C=O) groups excluding carboxylic acids is 1. The predicted molar refractivity (Wildman–Crippen MR) is 156 cm³/mol. The summed E-state index contributed by atoms with van der Waals surface area (Å²) in [5.41, 5.74) is 2.52. The second-order valence-electron chi connectivity index (χ2n) is 11.0. The fourth-order valence-corrected chi connectivity index (χ4v) is 14.2. The van der Waals surface area contributed by atoms with Crippen molar-refractivity contribution in [3.63, 3.8) is 0 Å². The fourth-order valence-electron chi connectivity index (χ4n) is 7.06. The molecule has 0 N–H and O–H groups in total. The topological polar surface area (TPSA) is 29.5 Å². The van der Waals surface area contributed by atoms with Gasteiger partial charge in [-0.15, -0.1) is 0 Å². The Balaban J connectivity index is 1.42. The van der Waals surface area contributed by atoms with E-state index in [2.05, 4.69) is 65.6 Å². The molecule has 2 saturated carbocycles. The van der Waals surface area contributed by atoms with Crippen LogP contribution in [0.25, 0.3) is 0 Å². The molecule has 0 radical (unpaired) electrons. The molecule has 2 aliphatic carbocycles. The first kappa shape index (κ1) is 26.2. The van der Waals surface area contributed by atoms with Gasteiger partial charge in [0.15, 0.2) is 0 Å². The van der Waals surface area contributed by atoms with Crippen molar-refractivity contribution in [3.05, 3.63) is 60.7 Å². The summed E-state index contributed by atoms with van der Waals surface area (Å²) in [5, 5.41) is 2.82. The van der Waals surface area contributed by atoms with Gasteiger partial charge in [-0.3, -0.25) is 0 Å². The van der Waals surface area contributed by atoms with Gasteiger partial charge in [0.25, 0.3) is 0 Å². The van der Waals surface area contributed by atoms with Gasteiger partial charge >= 0.3 is 6.09 Å². The Morgan fingerprint density at radius 1 is 0.778 bits per heavy atom. The Morgan fingerprint density at radius 3 is 1.75 bits per heavy atom. The number of ether oxygens (including phenoxy) is 1. The number of likely N-dealkylation sites (tertiary alicyclic amines) is 1.